The van der Waals surface area contributed by atoms with Crippen LogP contribution >= 0.6 is 34.4 Å². The molecule has 3 rings (SSSR count). The summed E-state index contributed by atoms with van der Waals surface area (Å²) in [6, 6.07) is 12.0. The number of amides is 1. The predicted octanol–water partition coefficient (Wildman–Crippen LogP) is 3.31. The molecule has 0 aromatic heterocycles. The lowest BCUT2D eigenvalue weighted by atomic mass is 10.2. The molecule has 1 saturated heterocycles. The van der Waals surface area contributed by atoms with E-state index in [1.54, 1.807) is 36.4 Å². The van der Waals surface area contributed by atoms with Crippen LogP contribution in [0.25, 0.3) is 0 Å². The minimum atomic E-state index is -1.06. The summed E-state index contributed by atoms with van der Waals surface area (Å²) in [5.41, 5.74) is 1.06. The number of carbonyl (C=O) groups is 3. The summed E-state index contributed by atoms with van der Waals surface area (Å²) in [6.45, 7) is 2.18. The number of carboxylic acid groups (broad SMARTS) is 1. The molecule has 1 fully saturated rings. The number of amidine groups is 1. The molecule has 11 heteroatoms. The number of aliphatic carboxylic acids is 1. The van der Waals surface area contributed by atoms with Crippen molar-refractivity contribution < 1.29 is 29.0 Å². The van der Waals surface area contributed by atoms with Crippen LogP contribution in [-0.2, 0) is 9.59 Å². The van der Waals surface area contributed by atoms with Gasteiger partial charge in [-0.1, -0.05) is 30.0 Å². The number of carboxylic acids is 1. The molecule has 32 heavy (non-hydrogen) atoms. The molecule has 2 aromatic carbocycles. The lowest BCUT2D eigenvalue weighted by Gasteiger charge is -2.13. The van der Waals surface area contributed by atoms with Crippen LogP contribution < -0.4 is 14.8 Å². The molecule has 2 aromatic rings. The summed E-state index contributed by atoms with van der Waals surface area (Å²) in [6.07, 6.45) is 1.16. The molecule has 0 saturated carbocycles. The summed E-state index contributed by atoms with van der Waals surface area (Å²) in [5.74, 6) is -1.29. The molecule has 9 nitrogen and oxygen atoms in total. The minimum absolute atomic E-state index is 0.227. The third kappa shape index (κ3) is 6.29. The Bertz CT molecular complexity index is 1090. The van der Waals surface area contributed by atoms with Crippen molar-refractivity contribution in [1.82, 2.24) is 5.32 Å². The number of halogens is 1. The van der Waals surface area contributed by atoms with Crippen molar-refractivity contribution in [3.8, 4) is 11.5 Å². The number of rotatable bonds is 8. The fraction of sp³-hybridized carbons (Fsp3) is 0.190. The lowest BCUT2D eigenvalue weighted by molar-refractivity contribution is -0.138. The molecule has 166 valence electrons. The highest BCUT2D eigenvalue weighted by molar-refractivity contribution is 14.1. The molecule has 1 unspecified atom stereocenters. The Balaban J connectivity index is 1.76. The van der Waals surface area contributed by atoms with Crippen LogP contribution in [0.1, 0.15) is 29.3 Å². The number of carbonyl (C=O) groups excluding carboxylic acids is 2. The van der Waals surface area contributed by atoms with Gasteiger partial charge in [0.25, 0.3) is 0 Å². The Kier molecular flexibility index (Phi) is 8.22. The number of thioether (sulfide) groups is 1. The monoisotopic (exact) mass is 567 g/mol. The first-order valence-corrected chi connectivity index (χ1v) is 11.4. The van der Waals surface area contributed by atoms with Gasteiger partial charge in [-0.2, -0.15) is 5.10 Å². The van der Waals surface area contributed by atoms with E-state index < -0.39 is 23.1 Å². The van der Waals surface area contributed by atoms with Crippen molar-refractivity contribution >= 4 is 63.6 Å². The van der Waals surface area contributed by atoms with Crippen molar-refractivity contribution in [2.75, 3.05) is 6.61 Å². The van der Waals surface area contributed by atoms with Gasteiger partial charge >= 0.3 is 11.9 Å². The molecule has 0 bridgehead atoms. The molecule has 1 aliphatic rings. The largest absolute Gasteiger partial charge is 0.490 e. The van der Waals surface area contributed by atoms with E-state index in [9.17, 15) is 14.4 Å². The van der Waals surface area contributed by atoms with Gasteiger partial charge in [0.05, 0.1) is 28.4 Å². The molecule has 0 aliphatic carbocycles. The second-order valence-electron chi connectivity index (χ2n) is 6.36. The fourth-order valence-electron chi connectivity index (χ4n) is 2.64. The van der Waals surface area contributed by atoms with Gasteiger partial charge in [0, 0.05) is 0 Å². The van der Waals surface area contributed by atoms with Crippen LogP contribution in [0.3, 0.4) is 0 Å². The van der Waals surface area contributed by atoms with Crippen molar-refractivity contribution in [2.45, 2.75) is 18.6 Å². The zero-order valence-corrected chi connectivity index (χ0v) is 19.8. The highest BCUT2D eigenvalue weighted by Gasteiger charge is 2.32. The Hall–Kier alpha value is -2.93. The molecule has 0 spiro atoms. The Morgan fingerprint density at radius 1 is 1.28 bits per heavy atom. The normalized spacial score (nSPS) is 16.9. The van der Waals surface area contributed by atoms with Crippen LogP contribution in [0.5, 0.6) is 11.5 Å². The number of nitrogens with zero attached hydrogens (tertiary/aromatic N) is 2. The van der Waals surface area contributed by atoms with E-state index in [0.717, 1.165) is 11.8 Å². The molecule has 0 radical (unpaired) electrons. The van der Waals surface area contributed by atoms with Crippen LogP contribution in [0, 0.1) is 3.57 Å². The van der Waals surface area contributed by atoms with Crippen LogP contribution in [0.15, 0.2) is 52.7 Å². The van der Waals surface area contributed by atoms with Gasteiger partial charge in [-0.15, -0.1) is 5.10 Å². The Morgan fingerprint density at radius 3 is 2.72 bits per heavy atom. The lowest BCUT2D eigenvalue weighted by Crippen LogP contribution is -2.26. The molecule has 2 N–H and O–H groups in total. The summed E-state index contributed by atoms with van der Waals surface area (Å²) < 4.78 is 11.8. The van der Waals surface area contributed by atoms with Crippen molar-refractivity contribution in [3.05, 3.63) is 57.2 Å². The average Bonchev–Trinajstić information content (AvgIpc) is 3.09. The van der Waals surface area contributed by atoms with Crippen LogP contribution in [0.2, 0.25) is 0 Å². The standard InChI is InChI=1S/C21H18IN3O6S/c1-2-30-15-9-12(11-23-25-21-24-19(28)16(32-21)10-17(26)27)8-14(22)18(15)31-20(29)13-6-4-3-5-7-13/h3-9,11,16H,2,10H2,1H3,(H,26,27)(H,24,25,28). The topological polar surface area (TPSA) is 127 Å². The van der Waals surface area contributed by atoms with Crippen LogP contribution in [-0.4, -0.2) is 46.2 Å². The van der Waals surface area contributed by atoms with Crippen molar-refractivity contribution in [3.63, 3.8) is 0 Å². The smallest absolute Gasteiger partial charge is 0.343 e. The first-order valence-electron chi connectivity index (χ1n) is 9.41. The first kappa shape index (κ1) is 23.7. The van der Waals surface area contributed by atoms with Crippen LogP contribution in [0.4, 0.5) is 0 Å². The van der Waals surface area contributed by atoms with Gasteiger partial charge in [0.15, 0.2) is 16.7 Å². The number of ether oxygens (including phenoxy) is 2. The van der Waals surface area contributed by atoms with Gasteiger partial charge in [-0.25, -0.2) is 4.79 Å². The fourth-order valence-corrected chi connectivity index (χ4v) is 4.29. The van der Waals surface area contributed by atoms with E-state index >= 15 is 0 Å². The maximum Gasteiger partial charge on any atom is 0.343 e. The molecular weight excluding hydrogens is 549 g/mol. The third-order valence-electron chi connectivity index (χ3n) is 4.03. The number of benzene rings is 2. The number of hydrogen-bond acceptors (Lipinski definition) is 8. The van der Waals surface area contributed by atoms with E-state index in [4.69, 9.17) is 14.6 Å². The molecule has 1 amide bonds. The Morgan fingerprint density at radius 2 is 2.03 bits per heavy atom. The zero-order chi connectivity index (χ0) is 23.1. The minimum Gasteiger partial charge on any atom is -0.490 e. The van der Waals surface area contributed by atoms with Gasteiger partial charge in [0.1, 0.15) is 5.25 Å². The highest BCUT2D eigenvalue weighted by Crippen LogP contribution is 2.34. The maximum atomic E-state index is 12.4. The summed E-state index contributed by atoms with van der Waals surface area (Å²) in [5, 5.41) is 18.7. The molecule has 1 heterocycles. The summed E-state index contributed by atoms with van der Waals surface area (Å²) in [7, 11) is 0. The van der Waals surface area contributed by atoms with E-state index in [2.05, 4.69) is 15.5 Å². The van der Waals surface area contributed by atoms with Crippen molar-refractivity contribution in [2.24, 2.45) is 10.2 Å². The third-order valence-corrected chi connectivity index (χ3v) is 5.90. The molecule has 1 aliphatic heterocycles. The van der Waals surface area contributed by atoms with Gasteiger partial charge in [-0.3, -0.25) is 9.59 Å². The second-order valence-corrected chi connectivity index (χ2v) is 8.72. The SMILES string of the molecule is CCOc1cc(C=NN=C2NC(=O)C(CC(=O)O)S2)cc(I)c1OC(=O)c1ccccc1. The number of hydrogen-bond donors (Lipinski definition) is 2. The highest BCUT2D eigenvalue weighted by atomic mass is 127. The molecule has 1 atom stereocenters. The van der Waals surface area contributed by atoms with Crippen molar-refractivity contribution in [1.29, 1.82) is 0 Å². The summed E-state index contributed by atoms with van der Waals surface area (Å²) in [4.78, 5) is 35.0. The average molecular weight is 567 g/mol. The summed E-state index contributed by atoms with van der Waals surface area (Å²) >= 11 is 3.05. The van der Waals surface area contributed by atoms with Gasteiger partial charge in [-0.05, 0) is 59.3 Å². The maximum absolute atomic E-state index is 12.4. The quantitative estimate of drug-likeness (QED) is 0.165. The van der Waals surface area contributed by atoms with E-state index in [0.29, 0.717) is 32.8 Å². The first-order chi connectivity index (χ1) is 15.4. The number of esters is 1. The Labute approximate surface area is 201 Å². The molecular formula is C21H18IN3O6S. The van der Waals surface area contributed by atoms with E-state index in [1.807, 2.05) is 35.6 Å². The van der Waals surface area contributed by atoms with E-state index in [-0.39, 0.29) is 11.6 Å². The second kappa shape index (κ2) is 11.1. The van der Waals surface area contributed by atoms with Gasteiger partial charge < -0.3 is 19.9 Å². The zero-order valence-electron chi connectivity index (χ0n) is 16.8. The predicted molar refractivity (Wildman–Crippen MR) is 129 cm³/mol. The van der Waals surface area contributed by atoms with E-state index in [1.165, 1.54) is 6.21 Å². The van der Waals surface area contributed by atoms with Gasteiger partial charge in [0.2, 0.25) is 5.91 Å². The number of nitrogens with one attached hydrogen (secondary N) is 1.